The van der Waals surface area contributed by atoms with Gasteiger partial charge in [0.1, 0.15) is 0 Å². The molecule has 0 aromatic rings. The molecule has 0 saturated carbocycles. The number of hydrogen-bond acceptors (Lipinski definition) is 8. The molecule has 197 valence electrons. The summed E-state index contributed by atoms with van der Waals surface area (Å²) in [6.07, 6.45) is 0. The maximum absolute atomic E-state index is 11.4. The Balaban J connectivity index is -0.000000523. The average Bonchev–Trinajstić information content (AvgIpc) is 2.55. The van der Waals surface area contributed by atoms with Gasteiger partial charge in [-0.25, -0.2) is 0 Å². The summed E-state index contributed by atoms with van der Waals surface area (Å²) in [6.45, 7) is 4.26. The van der Waals surface area contributed by atoms with Gasteiger partial charge < -0.3 is 58.7 Å². The zero-order valence-electron chi connectivity index (χ0n) is 18.4. The summed E-state index contributed by atoms with van der Waals surface area (Å²) in [5, 5.41) is 0. The van der Waals surface area contributed by atoms with Gasteiger partial charge in [0, 0.05) is 52.4 Å². The van der Waals surface area contributed by atoms with Crippen molar-refractivity contribution in [2.24, 2.45) is 22.9 Å². The smallest absolute Gasteiger partial charge is 1.00 e. The Kier molecular flexibility index (Phi) is 28.6. The third-order valence-electron chi connectivity index (χ3n) is 4.45. The van der Waals surface area contributed by atoms with E-state index >= 15 is 0 Å². The number of rotatable bonds is 8. The summed E-state index contributed by atoms with van der Waals surface area (Å²) in [4.78, 5) is 52.9. The summed E-state index contributed by atoms with van der Waals surface area (Å²) in [7, 11) is 0. The van der Waals surface area contributed by atoms with E-state index in [1.165, 1.54) is 0 Å². The van der Waals surface area contributed by atoms with Crippen LogP contribution in [0.5, 0.6) is 0 Å². The molecule has 12 N–H and O–H groups in total. The topological polar surface area (TPSA) is 248 Å². The van der Waals surface area contributed by atoms with Crippen molar-refractivity contribution >= 4 is 23.6 Å². The number of carbonyl (C=O) groups excluding carboxylic acids is 4. The molecule has 33 heavy (non-hydrogen) atoms. The van der Waals surface area contributed by atoms with Crippen molar-refractivity contribution < 1.29 is 72.0 Å². The van der Waals surface area contributed by atoms with E-state index in [2.05, 4.69) is 0 Å². The van der Waals surface area contributed by atoms with E-state index < -0.39 is 23.6 Å². The molecule has 0 atom stereocenters. The fourth-order valence-electron chi connectivity index (χ4n) is 3.09. The average molecular weight is 562 g/mol. The van der Waals surface area contributed by atoms with Crippen LogP contribution in [0.15, 0.2) is 0 Å². The molecule has 4 amide bonds. The largest absolute Gasteiger partial charge is 2.00 e. The second kappa shape index (κ2) is 22.5. The van der Waals surface area contributed by atoms with Crippen LogP contribution in [-0.2, 0) is 36.2 Å². The zero-order chi connectivity index (χ0) is 21.1. The van der Waals surface area contributed by atoms with Crippen LogP contribution in [-0.4, -0.2) is 133 Å². The molecule has 1 fully saturated rings. The van der Waals surface area contributed by atoms with Gasteiger partial charge in [-0.3, -0.25) is 38.8 Å². The minimum Gasteiger partial charge on any atom is -1.00 e. The molecule has 1 radical (unpaired) electrons. The van der Waals surface area contributed by atoms with Crippen LogP contribution in [0.25, 0.3) is 0 Å². The van der Waals surface area contributed by atoms with Gasteiger partial charge in [0.25, 0.3) is 0 Å². The molecule has 0 aliphatic carbocycles. The van der Waals surface area contributed by atoms with Crippen LogP contribution in [0.2, 0.25) is 0 Å². The van der Waals surface area contributed by atoms with E-state index in [1.807, 2.05) is 19.6 Å². The first-order valence-corrected chi connectivity index (χ1v) is 9.18. The molecule has 0 spiro atoms. The van der Waals surface area contributed by atoms with Crippen LogP contribution in [0.1, 0.15) is 0 Å². The standard InChI is InChI=1S/C16H32N8O4.2ClH.Mn.2H2O/c17-13(25)9-21-1-2-22(10-14(18)26)5-6-24(12-16(20)28)8-7-23(4-3-21)11-15(19)27;;;;;/h1-12H2,(H2,17,25)(H2,18,26)(H2,19,27)(H2,20,28);2*1H;;2*1H2/q;;;+2;;/p-2. The minimum atomic E-state index is -0.456. The predicted molar refractivity (Wildman–Crippen MR) is 110 cm³/mol. The molecule has 1 rings (SSSR count). The first kappa shape index (κ1) is 41.9. The fourth-order valence-corrected chi connectivity index (χ4v) is 3.09. The number of carbonyl (C=O) groups is 4. The normalized spacial score (nSPS) is 16.5. The number of amides is 4. The molecule has 0 unspecified atom stereocenters. The van der Waals surface area contributed by atoms with Gasteiger partial charge in [-0.15, -0.1) is 0 Å². The molecule has 0 aromatic carbocycles. The summed E-state index contributed by atoms with van der Waals surface area (Å²) < 4.78 is 0. The van der Waals surface area contributed by atoms with Gasteiger partial charge in [0.15, 0.2) is 0 Å². The quantitative estimate of drug-likeness (QED) is 0.206. The van der Waals surface area contributed by atoms with Gasteiger partial charge in [-0.05, 0) is 0 Å². The second-order valence-electron chi connectivity index (χ2n) is 6.97. The van der Waals surface area contributed by atoms with Gasteiger partial charge in [-0.2, -0.15) is 0 Å². The molecule has 1 saturated heterocycles. The Morgan fingerprint density at radius 3 is 0.667 bits per heavy atom. The van der Waals surface area contributed by atoms with Crippen molar-refractivity contribution in [1.29, 1.82) is 0 Å². The number of primary amides is 4. The van der Waals surface area contributed by atoms with Gasteiger partial charge in [0.2, 0.25) is 23.6 Å². The van der Waals surface area contributed by atoms with E-state index in [0.29, 0.717) is 52.4 Å². The van der Waals surface area contributed by atoms with Crippen LogP contribution in [0, 0.1) is 0 Å². The Morgan fingerprint density at radius 1 is 0.455 bits per heavy atom. The molecular weight excluding hydrogens is 526 g/mol. The van der Waals surface area contributed by atoms with Crippen LogP contribution in [0.4, 0.5) is 0 Å². The third-order valence-corrected chi connectivity index (χ3v) is 4.45. The number of hydrogen-bond donors (Lipinski definition) is 4. The van der Waals surface area contributed by atoms with E-state index in [1.54, 1.807) is 0 Å². The first-order valence-electron chi connectivity index (χ1n) is 9.18. The SMILES string of the molecule is NC(=O)CN1CCN(CC(N)=O)CCN(CC(N)=O)CCN(CC(N)=O)CC1.O.O.[Cl-].[Cl-].[Mn+2]. The first-order chi connectivity index (χ1) is 13.2. The van der Waals surface area contributed by atoms with Crippen molar-refractivity contribution in [1.82, 2.24) is 19.6 Å². The van der Waals surface area contributed by atoms with Crippen molar-refractivity contribution in [2.45, 2.75) is 0 Å². The summed E-state index contributed by atoms with van der Waals surface area (Å²) in [6, 6.07) is 0. The van der Waals surface area contributed by atoms with Gasteiger partial charge >= 0.3 is 17.1 Å². The van der Waals surface area contributed by atoms with E-state index in [9.17, 15) is 19.2 Å². The van der Waals surface area contributed by atoms with E-state index in [4.69, 9.17) is 22.9 Å². The Hall–Kier alpha value is -1.26. The van der Waals surface area contributed by atoms with Crippen LogP contribution in [0.3, 0.4) is 0 Å². The zero-order valence-corrected chi connectivity index (χ0v) is 21.0. The molecule has 1 aliphatic heterocycles. The van der Waals surface area contributed by atoms with Crippen LogP contribution >= 0.6 is 0 Å². The Bertz CT molecular complexity index is 469. The fraction of sp³-hybridized carbons (Fsp3) is 0.750. The maximum Gasteiger partial charge on any atom is 2.00 e. The number of halogens is 2. The van der Waals surface area contributed by atoms with Gasteiger partial charge in [0.05, 0.1) is 26.2 Å². The molecule has 1 heterocycles. The Labute approximate surface area is 216 Å². The molecular formula is C16H36Cl2MnN8O6. The number of nitrogens with two attached hydrogens (primary N) is 4. The predicted octanol–water partition coefficient (Wildman–Crippen LogP) is -12.5. The molecule has 17 heteroatoms. The van der Waals surface area contributed by atoms with Crippen molar-refractivity contribution in [2.75, 3.05) is 78.5 Å². The van der Waals surface area contributed by atoms with Crippen molar-refractivity contribution in [3.8, 4) is 0 Å². The second-order valence-corrected chi connectivity index (χ2v) is 6.97. The molecule has 14 nitrogen and oxygen atoms in total. The van der Waals surface area contributed by atoms with Crippen molar-refractivity contribution in [3.63, 3.8) is 0 Å². The van der Waals surface area contributed by atoms with Gasteiger partial charge in [-0.1, -0.05) is 0 Å². The van der Waals surface area contributed by atoms with Crippen LogP contribution < -0.4 is 47.7 Å². The monoisotopic (exact) mass is 561 g/mol. The summed E-state index contributed by atoms with van der Waals surface area (Å²) in [5.41, 5.74) is 21.3. The maximum atomic E-state index is 11.4. The molecule has 1 aliphatic rings. The minimum absolute atomic E-state index is 0. The van der Waals surface area contributed by atoms with Crippen molar-refractivity contribution in [3.05, 3.63) is 0 Å². The number of nitrogens with zero attached hydrogens (tertiary/aromatic N) is 4. The Morgan fingerprint density at radius 2 is 0.576 bits per heavy atom. The molecule has 0 bridgehead atoms. The summed E-state index contributed by atoms with van der Waals surface area (Å²) >= 11 is 0. The molecule has 0 aromatic heterocycles. The summed E-state index contributed by atoms with van der Waals surface area (Å²) in [5.74, 6) is -1.82. The van der Waals surface area contributed by atoms with E-state index in [0.717, 1.165) is 0 Å². The third kappa shape index (κ3) is 21.0. The van der Waals surface area contributed by atoms with E-state index in [-0.39, 0.29) is 79.0 Å².